The summed E-state index contributed by atoms with van der Waals surface area (Å²) in [6, 6.07) is 0. The second kappa shape index (κ2) is 6.02. The van der Waals surface area contributed by atoms with E-state index in [9.17, 15) is 4.79 Å². The van der Waals surface area contributed by atoms with Crippen molar-refractivity contribution >= 4 is 5.91 Å². The molecule has 0 aromatic rings. The van der Waals surface area contributed by atoms with Crippen LogP contribution < -0.4 is 11.1 Å². The van der Waals surface area contributed by atoms with Gasteiger partial charge >= 0.3 is 0 Å². The molecule has 104 valence electrons. The van der Waals surface area contributed by atoms with Crippen LogP contribution in [0, 0.1) is 5.92 Å². The minimum atomic E-state index is -0.547. The molecule has 3 N–H and O–H groups in total. The SMILES string of the molecule is CCOC(CCNC(=O)C1(N)CC1)C1CCCC1. The van der Waals surface area contributed by atoms with Crippen LogP contribution in [0.2, 0.25) is 0 Å². The molecule has 0 spiro atoms. The first kappa shape index (κ1) is 13.8. The number of hydrogen-bond donors (Lipinski definition) is 2. The second-order valence-electron chi connectivity index (χ2n) is 5.74. The summed E-state index contributed by atoms with van der Waals surface area (Å²) in [5, 5.41) is 2.95. The zero-order valence-electron chi connectivity index (χ0n) is 11.4. The van der Waals surface area contributed by atoms with E-state index in [1.54, 1.807) is 0 Å². The Morgan fingerprint density at radius 3 is 2.67 bits per heavy atom. The van der Waals surface area contributed by atoms with Crippen LogP contribution in [-0.4, -0.2) is 30.7 Å². The molecule has 4 nitrogen and oxygen atoms in total. The fourth-order valence-electron chi connectivity index (χ4n) is 2.86. The Bertz CT molecular complexity index is 284. The molecule has 2 aliphatic carbocycles. The molecule has 0 aliphatic heterocycles. The van der Waals surface area contributed by atoms with Gasteiger partial charge in [-0.05, 0) is 44.9 Å². The average Bonchev–Trinajstić information content (AvgIpc) is 2.92. The number of carbonyl (C=O) groups is 1. The van der Waals surface area contributed by atoms with Gasteiger partial charge in [0.15, 0.2) is 0 Å². The molecule has 0 heterocycles. The maximum absolute atomic E-state index is 11.7. The molecule has 0 aromatic heterocycles. The maximum atomic E-state index is 11.7. The van der Waals surface area contributed by atoms with E-state index < -0.39 is 5.54 Å². The molecule has 0 aromatic carbocycles. The fraction of sp³-hybridized carbons (Fsp3) is 0.929. The van der Waals surface area contributed by atoms with E-state index in [-0.39, 0.29) is 5.91 Å². The van der Waals surface area contributed by atoms with Gasteiger partial charge in [-0.3, -0.25) is 4.79 Å². The van der Waals surface area contributed by atoms with Crippen molar-refractivity contribution in [3.05, 3.63) is 0 Å². The number of amides is 1. The summed E-state index contributed by atoms with van der Waals surface area (Å²) in [4.78, 5) is 11.7. The molecule has 2 rings (SSSR count). The summed E-state index contributed by atoms with van der Waals surface area (Å²) in [7, 11) is 0. The predicted molar refractivity (Wildman–Crippen MR) is 71.2 cm³/mol. The zero-order chi connectivity index (χ0) is 13.0. The quantitative estimate of drug-likeness (QED) is 0.725. The summed E-state index contributed by atoms with van der Waals surface area (Å²) < 4.78 is 5.83. The Hall–Kier alpha value is -0.610. The van der Waals surface area contributed by atoms with E-state index in [4.69, 9.17) is 10.5 Å². The van der Waals surface area contributed by atoms with Crippen LogP contribution >= 0.6 is 0 Å². The summed E-state index contributed by atoms with van der Waals surface area (Å²) in [5.74, 6) is 0.707. The van der Waals surface area contributed by atoms with Gasteiger partial charge in [0.25, 0.3) is 0 Å². The highest BCUT2D eigenvalue weighted by Crippen LogP contribution is 2.32. The molecule has 2 aliphatic rings. The average molecular weight is 254 g/mol. The van der Waals surface area contributed by atoms with Crippen molar-refractivity contribution in [3.63, 3.8) is 0 Å². The van der Waals surface area contributed by atoms with Crippen LogP contribution in [0.25, 0.3) is 0 Å². The second-order valence-corrected chi connectivity index (χ2v) is 5.74. The molecular formula is C14H26N2O2. The van der Waals surface area contributed by atoms with Crippen LogP contribution in [0.4, 0.5) is 0 Å². The van der Waals surface area contributed by atoms with E-state index in [1.165, 1.54) is 25.7 Å². The largest absolute Gasteiger partial charge is 0.378 e. The van der Waals surface area contributed by atoms with Crippen molar-refractivity contribution in [2.45, 2.75) is 63.5 Å². The van der Waals surface area contributed by atoms with Gasteiger partial charge in [-0.1, -0.05) is 12.8 Å². The third-order valence-electron chi connectivity index (χ3n) is 4.26. The van der Waals surface area contributed by atoms with Crippen LogP contribution in [0.3, 0.4) is 0 Å². The summed E-state index contributed by atoms with van der Waals surface area (Å²) in [6.07, 6.45) is 8.09. The predicted octanol–water partition coefficient (Wildman–Crippen LogP) is 1.58. The maximum Gasteiger partial charge on any atom is 0.240 e. The summed E-state index contributed by atoms with van der Waals surface area (Å²) in [5.41, 5.74) is 5.30. The Labute approximate surface area is 110 Å². The standard InChI is InChI=1S/C14H26N2O2/c1-2-18-12(11-5-3-4-6-11)7-10-16-13(17)14(15)8-9-14/h11-12H,2-10,15H2,1H3,(H,16,17). The van der Waals surface area contributed by atoms with Gasteiger partial charge in [0.05, 0.1) is 11.6 Å². The van der Waals surface area contributed by atoms with Crippen molar-refractivity contribution < 1.29 is 9.53 Å². The van der Waals surface area contributed by atoms with Gasteiger partial charge < -0.3 is 15.8 Å². The highest BCUT2D eigenvalue weighted by molar-refractivity contribution is 5.88. The number of nitrogens with two attached hydrogens (primary N) is 1. The van der Waals surface area contributed by atoms with Crippen molar-refractivity contribution in [3.8, 4) is 0 Å². The highest BCUT2D eigenvalue weighted by atomic mass is 16.5. The van der Waals surface area contributed by atoms with Crippen molar-refractivity contribution in [2.24, 2.45) is 11.7 Å². The third-order valence-corrected chi connectivity index (χ3v) is 4.26. The summed E-state index contributed by atoms with van der Waals surface area (Å²) >= 11 is 0. The van der Waals surface area contributed by atoms with Crippen LogP contribution in [-0.2, 0) is 9.53 Å². The molecular weight excluding hydrogens is 228 g/mol. The Balaban J connectivity index is 1.70. The first-order valence-corrected chi connectivity index (χ1v) is 7.34. The lowest BCUT2D eigenvalue weighted by atomic mass is 9.98. The van der Waals surface area contributed by atoms with Crippen LogP contribution in [0.15, 0.2) is 0 Å². The number of hydrogen-bond acceptors (Lipinski definition) is 3. The first-order chi connectivity index (χ1) is 8.65. The van der Waals surface area contributed by atoms with Gasteiger partial charge in [0.2, 0.25) is 5.91 Å². The van der Waals surface area contributed by atoms with E-state index in [0.29, 0.717) is 18.6 Å². The molecule has 0 saturated heterocycles. The van der Waals surface area contributed by atoms with E-state index in [0.717, 1.165) is 25.9 Å². The minimum Gasteiger partial charge on any atom is -0.378 e. The van der Waals surface area contributed by atoms with Crippen molar-refractivity contribution in [2.75, 3.05) is 13.2 Å². The third kappa shape index (κ3) is 3.45. The van der Waals surface area contributed by atoms with E-state index in [1.807, 2.05) is 6.92 Å². The first-order valence-electron chi connectivity index (χ1n) is 7.34. The number of ether oxygens (including phenoxy) is 1. The molecule has 1 unspecified atom stereocenters. The smallest absolute Gasteiger partial charge is 0.240 e. The molecule has 2 fully saturated rings. The van der Waals surface area contributed by atoms with E-state index >= 15 is 0 Å². The minimum absolute atomic E-state index is 0.0178. The molecule has 2 saturated carbocycles. The number of carbonyl (C=O) groups excluding carboxylic acids is 1. The van der Waals surface area contributed by atoms with Crippen LogP contribution in [0.1, 0.15) is 51.9 Å². The van der Waals surface area contributed by atoms with Crippen molar-refractivity contribution in [1.82, 2.24) is 5.32 Å². The number of nitrogens with one attached hydrogen (secondary N) is 1. The molecule has 1 amide bonds. The van der Waals surface area contributed by atoms with E-state index in [2.05, 4.69) is 5.32 Å². The Morgan fingerprint density at radius 1 is 1.44 bits per heavy atom. The van der Waals surface area contributed by atoms with Gasteiger partial charge in [0.1, 0.15) is 0 Å². The Kier molecular flexibility index (Phi) is 4.62. The van der Waals surface area contributed by atoms with Crippen molar-refractivity contribution in [1.29, 1.82) is 0 Å². The normalized spacial score (nSPS) is 23.9. The Morgan fingerprint density at radius 2 is 2.11 bits per heavy atom. The molecule has 18 heavy (non-hydrogen) atoms. The molecule has 4 heteroatoms. The van der Waals surface area contributed by atoms with Gasteiger partial charge in [-0.2, -0.15) is 0 Å². The van der Waals surface area contributed by atoms with Gasteiger partial charge in [0, 0.05) is 13.2 Å². The molecule has 0 bridgehead atoms. The zero-order valence-corrected chi connectivity index (χ0v) is 11.4. The fourth-order valence-corrected chi connectivity index (χ4v) is 2.86. The number of rotatable bonds is 7. The lowest BCUT2D eigenvalue weighted by Gasteiger charge is -2.23. The van der Waals surface area contributed by atoms with Crippen LogP contribution in [0.5, 0.6) is 0 Å². The lowest BCUT2D eigenvalue weighted by Crippen LogP contribution is -2.43. The molecule has 1 atom stereocenters. The molecule has 0 radical (unpaired) electrons. The topological polar surface area (TPSA) is 64.3 Å². The van der Waals surface area contributed by atoms with Gasteiger partial charge in [-0.25, -0.2) is 0 Å². The monoisotopic (exact) mass is 254 g/mol. The summed E-state index contributed by atoms with van der Waals surface area (Å²) in [6.45, 7) is 3.49. The highest BCUT2D eigenvalue weighted by Gasteiger charge is 2.45. The van der Waals surface area contributed by atoms with Gasteiger partial charge in [-0.15, -0.1) is 0 Å². The lowest BCUT2D eigenvalue weighted by molar-refractivity contribution is -0.123.